The molecule has 110 valence electrons. The highest BCUT2D eigenvalue weighted by molar-refractivity contribution is 6.35. The van der Waals surface area contributed by atoms with Gasteiger partial charge in [-0.25, -0.2) is 0 Å². The first kappa shape index (κ1) is 14.2. The van der Waals surface area contributed by atoms with Gasteiger partial charge in [-0.2, -0.15) is 0 Å². The van der Waals surface area contributed by atoms with Crippen molar-refractivity contribution >= 4 is 28.9 Å². The molecule has 0 saturated carbocycles. The number of nitrogens with one attached hydrogen (secondary N) is 1. The second-order valence-electron chi connectivity index (χ2n) is 4.61. The van der Waals surface area contributed by atoms with E-state index in [-0.39, 0.29) is 10.8 Å². The Bertz CT molecular complexity index is 676. The average molecular weight is 326 g/mol. The van der Waals surface area contributed by atoms with Crippen LogP contribution in [0.2, 0.25) is 10.0 Å². The topological polar surface area (TPSA) is 50.7 Å². The fraction of sp³-hybridized carbons (Fsp3) is 0.200. The minimum absolute atomic E-state index is 0.0334. The lowest BCUT2D eigenvalue weighted by Gasteiger charge is -2.19. The third kappa shape index (κ3) is 3.12. The molecule has 21 heavy (non-hydrogen) atoms. The first-order valence-electron chi connectivity index (χ1n) is 6.44. The molecule has 0 fully saturated rings. The van der Waals surface area contributed by atoms with Crippen LogP contribution in [0.1, 0.15) is 5.56 Å². The number of fused-ring (bicyclic) bond motifs is 1. The number of halogens is 2. The van der Waals surface area contributed by atoms with Crippen LogP contribution in [0.5, 0.6) is 17.2 Å². The van der Waals surface area contributed by atoms with Gasteiger partial charge in [0.15, 0.2) is 11.5 Å². The van der Waals surface area contributed by atoms with Gasteiger partial charge >= 0.3 is 0 Å². The third-order valence-corrected chi connectivity index (χ3v) is 3.64. The molecule has 0 atom stereocenters. The molecule has 0 spiro atoms. The van der Waals surface area contributed by atoms with Gasteiger partial charge in [0.1, 0.15) is 19.0 Å². The molecule has 0 unspecified atom stereocenters. The van der Waals surface area contributed by atoms with E-state index in [4.69, 9.17) is 32.7 Å². The fourth-order valence-corrected chi connectivity index (χ4v) is 2.64. The maximum Gasteiger partial charge on any atom is 0.163 e. The second-order valence-corrected chi connectivity index (χ2v) is 5.45. The predicted molar refractivity (Wildman–Crippen MR) is 82.9 cm³/mol. The highest BCUT2D eigenvalue weighted by atomic mass is 35.5. The number of phenols is 1. The van der Waals surface area contributed by atoms with E-state index in [0.29, 0.717) is 36.1 Å². The molecule has 2 N–H and O–H groups in total. The van der Waals surface area contributed by atoms with E-state index in [1.165, 1.54) is 6.07 Å². The van der Waals surface area contributed by atoms with Crippen LogP contribution >= 0.6 is 23.2 Å². The van der Waals surface area contributed by atoms with Crippen molar-refractivity contribution in [2.24, 2.45) is 0 Å². The number of hydrogen-bond donors (Lipinski definition) is 2. The molecular weight excluding hydrogens is 313 g/mol. The summed E-state index contributed by atoms with van der Waals surface area (Å²) < 4.78 is 11.0. The van der Waals surface area contributed by atoms with Gasteiger partial charge in [-0.1, -0.05) is 23.2 Å². The van der Waals surface area contributed by atoms with Gasteiger partial charge in [-0.15, -0.1) is 0 Å². The van der Waals surface area contributed by atoms with Crippen molar-refractivity contribution in [1.29, 1.82) is 0 Å². The summed E-state index contributed by atoms with van der Waals surface area (Å²) in [4.78, 5) is 0. The minimum atomic E-state index is 0.0334. The summed E-state index contributed by atoms with van der Waals surface area (Å²) in [5, 5.41) is 13.8. The number of phenolic OH excluding ortho intramolecular Hbond substituents is 1. The van der Waals surface area contributed by atoms with Crippen LogP contribution in [0.25, 0.3) is 0 Å². The first-order chi connectivity index (χ1) is 10.1. The Kier molecular flexibility index (Phi) is 3.99. The minimum Gasteiger partial charge on any atom is -0.506 e. The summed E-state index contributed by atoms with van der Waals surface area (Å²) in [6.45, 7) is 1.50. The largest absolute Gasteiger partial charge is 0.506 e. The van der Waals surface area contributed by atoms with Gasteiger partial charge in [0, 0.05) is 28.9 Å². The van der Waals surface area contributed by atoms with Crippen LogP contribution in [0.3, 0.4) is 0 Å². The molecular formula is C15H13Cl2NO3. The van der Waals surface area contributed by atoms with E-state index in [9.17, 15) is 5.11 Å². The van der Waals surface area contributed by atoms with E-state index in [1.807, 2.05) is 18.2 Å². The van der Waals surface area contributed by atoms with Crippen molar-refractivity contribution in [2.75, 3.05) is 18.5 Å². The summed E-state index contributed by atoms with van der Waals surface area (Å²) in [6, 6.07) is 8.77. The molecule has 0 aliphatic carbocycles. The zero-order valence-electron chi connectivity index (χ0n) is 11.0. The number of anilines is 1. The van der Waals surface area contributed by atoms with Crippen LogP contribution in [0.4, 0.5) is 5.69 Å². The van der Waals surface area contributed by atoms with Gasteiger partial charge in [-0.3, -0.25) is 0 Å². The van der Waals surface area contributed by atoms with E-state index in [1.54, 1.807) is 6.07 Å². The summed E-state index contributed by atoms with van der Waals surface area (Å²) in [5.41, 5.74) is 1.48. The lowest BCUT2D eigenvalue weighted by Crippen LogP contribution is -2.15. The molecule has 0 bridgehead atoms. The van der Waals surface area contributed by atoms with Gasteiger partial charge < -0.3 is 19.9 Å². The Morgan fingerprint density at radius 1 is 1.05 bits per heavy atom. The van der Waals surface area contributed by atoms with E-state index in [2.05, 4.69) is 5.32 Å². The lowest BCUT2D eigenvalue weighted by molar-refractivity contribution is 0.171. The molecule has 1 aliphatic rings. The van der Waals surface area contributed by atoms with Crippen molar-refractivity contribution in [3.63, 3.8) is 0 Å². The summed E-state index contributed by atoms with van der Waals surface area (Å²) in [7, 11) is 0. The maximum atomic E-state index is 9.92. The molecule has 1 heterocycles. The molecule has 1 aliphatic heterocycles. The first-order valence-corrected chi connectivity index (χ1v) is 7.19. The van der Waals surface area contributed by atoms with Crippen molar-refractivity contribution in [3.05, 3.63) is 45.9 Å². The van der Waals surface area contributed by atoms with Crippen molar-refractivity contribution in [2.45, 2.75) is 6.54 Å². The van der Waals surface area contributed by atoms with Gasteiger partial charge in [-0.05, 0) is 24.3 Å². The number of aromatic hydroxyl groups is 1. The van der Waals surface area contributed by atoms with Gasteiger partial charge in [0.2, 0.25) is 0 Å². The predicted octanol–water partition coefficient (Wildman–Crippen LogP) is 4.08. The second kappa shape index (κ2) is 5.92. The summed E-state index contributed by atoms with van der Waals surface area (Å²) in [5.74, 6) is 1.48. The van der Waals surface area contributed by atoms with Crippen LogP contribution in [0.15, 0.2) is 30.3 Å². The smallest absolute Gasteiger partial charge is 0.163 e. The van der Waals surface area contributed by atoms with Crippen molar-refractivity contribution in [3.8, 4) is 17.2 Å². The van der Waals surface area contributed by atoms with E-state index in [0.717, 1.165) is 11.4 Å². The number of rotatable bonds is 3. The number of hydrogen-bond acceptors (Lipinski definition) is 4. The molecule has 4 nitrogen and oxygen atoms in total. The van der Waals surface area contributed by atoms with Crippen LogP contribution < -0.4 is 14.8 Å². The highest BCUT2D eigenvalue weighted by Gasteiger charge is 2.12. The normalized spacial score (nSPS) is 13.0. The molecule has 3 rings (SSSR count). The van der Waals surface area contributed by atoms with Crippen molar-refractivity contribution in [1.82, 2.24) is 0 Å². The molecule has 0 aromatic heterocycles. The fourth-order valence-electron chi connectivity index (χ4n) is 2.10. The maximum absolute atomic E-state index is 9.92. The Balaban J connectivity index is 1.76. The van der Waals surface area contributed by atoms with Crippen LogP contribution in [-0.4, -0.2) is 18.3 Å². The molecule has 2 aromatic carbocycles. The molecule has 0 amide bonds. The zero-order chi connectivity index (χ0) is 14.8. The Morgan fingerprint density at radius 2 is 1.81 bits per heavy atom. The number of ether oxygens (including phenoxy) is 2. The van der Waals surface area contributed by atoms with Crippen LogP contribution in [0, 0.1) is 0 Å². The van der Waals surface area contributed by atoms with E-state index >= 15 is 0 Å². The molecule has 0 radical (unpaired) electrons. The van der Waals surface area contributed by atoms with E-state index < -0.39 is 0 Å². The number of benzene rings is 2. The Morgan fingerprint density at radius 3 is 2.62 bits per heavy atom. The lowest BCUT2D eigenvalue weighted by atomic mass is 10.2. The standard InChI is InChI=1S/C15H13Cl2NO3/c16-10-5-9(15(19)12(17)6-10)8-18-11-1-2-13-14(7-11)21-4-3-20-13/h1-2,5-7,18-19H,3-4,8H2. The average Bonchev–Trinajstić information content (AvgIpc) is 2.49. The Hall–Kier alpha value is -1.78. The highest BCUT2D eigenvalue weighted by Crippen LogP contribution is 2.34. The summed E-state index contributed by atoms with van der Waals surface area (Å²) in [6.07, 6.45) is 0. The zero-order valence-corrected chi connectivity index (χ0v) is 12.5. The van der Waals surface area contributed by atoms with Gasteiger partial charge in [0.25, 0.3) is 0 Å². The molecule has 0 saturated heterocycles. The van der Waals surface area contributed by atoms with Gasteiger partial charge in [0.05, 0.1) is 5.02 Å². The molecule has 2 aromatic rings. The monoisotopic (exact) mass is 325 g/mol. The Labute approximate surface area is 132 Å². The van der Waals surface area contributed by atoms with Crippen LogP contribution in [-0.2, 0) is 6.54 Å². The SMILES string of the molecule is Oc1c(Cl)cc(Cl)cc1CNc1ccc2c(c1)OCCO2. The molecule has 6 heteroatoms. The third-order valence-electron chi connectivity index (χ3n) is 3.13. The quantitative estimate of drug-likeness (QED) is 0.892. The van der Waals surface area contributed by atoms with Crippen molar-refractivity contribution < 1.29 is 14.6 Å². The summed E-state index contributed by atoms with van der Waals surface area (Å²) >= 11 is 11.8.